The molecule has 0 amide bonds. The number of imidazole rings is 2. The van der Waals surface area contributed by atoms with Gasteiger partial charge in [-0.3, -0.25) is 0 Å². The number of H-pyrrole nitrogens is 2. The number of aromatic nitrogens is 4. The van der Waals surface area contributed by atoms with Gasteiger partial charge in [0.25, 0.3) is 0 Å². The Kier molecular flexibility index (Phi) is 3.30. The summed E-state index contributed by atoms with van der Waals surface area (Å²) in [6, 6.07) is 0. The van der Waals surface area contributed by atoms with Gasteiger partial charge in [0.2, 0.25) is 0 Å². The normalized spacial score (nSPS) is 12.2. The Hall–Kier alpha value is -2.43. The smallest absolute Gasteiger partial charge is 0.106 e. The van der Waals surface area contributed by atoms with E-state index in [4.69, 9.17) is 0 Å². The average Bonchev–Trinajstić information content (AvgIpc) is 3.01. The number of hydrogen-bond donors (Lipinski definition) is 2. The summed E-state index contributed by atoms with van der Waals surface area (Å²) < 4.78 is 0. The zero-order valence-corrected chi connectivity index (χ0v) is 9.51. The van der Waals surface area contributed by atoms with Crippen LogP contribution in [0, 0.1) is 0 Å². The second-order valence-corrected chi connectivity index (χ2v) is 3.35. The first-order valence-electron chi connectivity index (χ1n) is 5.20. The standard InChI is InChI=1S/C12H13N5/c1-3-4-10(12-6-14-8-16-12)17-9(2)11-5-13-7-15-11/h3-8H,2H2,1H3,(H,13,15)(H,14,16)/b4-3-,17-10+. The molecule has 2 aromatic heterocycles. The van der Waals surface area contributed by atoms with E-state index in [1.165, 1.54) is 0 Å². The fourth-order valence-electron chi connectivity index (χ4n) is 1.36. The number of hydrogen-bond acceptors (Lipinski definition) is 3. The van der Waals surface area contributed by atoms with Gasteiger partial charge in [-0.2, -0.15) is 0 Å². The van der Waals surface area contributed by atoms with Crippen molar-refractivity contribution in [3.63, 3.8) is 0 Å². The lowest BCUT2D eigenvalue weighted by Crippen LogP contribution is -1.97. The van der Waals surface area contributed by atoms with Crippen molar-refractivity contribution in [3.05, 3.63) is 55.2 Å². The summed E-state index contributed by atoms with van der Waals surface area (Å²) in [5.74, 6) is 0. The third-order valence-corrected chi connectivity index (χ3v) is 2.13. The molecule has 2 N–H and O–H groups in total. The van der Waals surface area contributed by atoms with E-state index in [1.54, 1.807) is 25.0 Å². The van der Waals surface area contributed by atoms with Gasteiger partial charge in [-0.1, -0.05) is 12.7 Å². The van der Waals surface area contributed by atoms with Gasteiger partial charge in [0, 0.05) is 12.4 Å². The molecule has 0 aliphatic carbocycles. The monoisotopic (exact) mass is 227 g/mol. The molecule has 0 aromatic carbocycles. The molecular weight excluding hydrogens is 214 g/mol. The topological polar surface area (TPSA) is 69.7 Å². The maximum Gasteiger partial charge on any atom is 0.106 e. The predicted octanol–water partition coefficient (Wildman–Crippen LogP) is 2.17. The predicted molar refractivity (Wildman–Crippen MR) is 67.6 cm³/mol. The van der Waals surface area contributed by atoms with E-state index in [-0.39, 0.29) is 0 Å². The first-order valence-corrected chi connectivity index (χ1v) is 5.20. The van der Waals surface area contributed by atoms with Crippen molar-refractivity contribution in [2.75, 3.05) is 0 Å². The number of nitrogens with one attached hydrogen (secondary N) is 2. The summed E-state index contributed by atoms with van der Waals surface area (Å²) in [5, 5.41) is 0. The minimum absolute atomic E-state index is 0.599. The largest absolute Gasteiger partial charge is 0.351 e. The van der Waals surface area contributed by atoms with E-state index in [9.17, 15) is 0 Å². The van der Waals surface area contributed by atoms with Crippen LogP contribution in [0.4, 0.5) is 0 Å². The molecule has 0 saturated heterocycles. The van der Waals surface area contributed by atoms with Crippen LogP contribution in [0.3, 0.4) is 0 Å². The third-order valence-electron chi connectivity index (χ3n) is 2.13. The number of allylic oxidation sites excluding steroid dienone is 2. The lowest BCUT2D eigenvalue weighted by atomic mass is 10.2. The molecular formula is C12H13N5. The van der Waals surface area contributed by atoms with Crippen LogP contribution in [0.15, 0.2) is 48.8 Å². The molecule has 5 heteroatoms. The summed E-state index contributed by atoms with van der Waals surface area (Å²) >= 11 is 0. The van der Waals surface area contributed by atoms with E-state index < -0.39 is 0 Å². The van der Waals surface area contributed by atoms with Gasteiger partial charge in [-0.05, 0) is 13.0 Å². The van der Waals surface area contributed by atoms with Crippen LogP contribution < -0.4 is 0 Å². The van der Waals surface area contributed by atoms with Crippen molar-refractivity contribution in [3.8, 4) is 0 Å². The molecule has 0 fully saturated rings. The lowest BCUT2D eigenvalue weighted by molar-refractivity contribution is 1.29. The molecule has 0 radical (unpaired) electrons. The lowest BCUT2D eigenvalue weighted by Gasteiger charge is -1.98. The summed E-state index contributed by atoms with van der Waals surface area (Å²) in [6.07, 6.45) is 10.5. The van der Waals surface area contributed by atoms with Crippen molar-refractivity contribution in [2.45, 2.75) is 6.92 Å². The van der Waals surface area contributed by atoms with E-state index in [1.807, 2.05) is 19.1 Å². The SMILES string of the molecule is C=C(/N=C(\C=C/C)c1c[nH]cn1)c1c[nH]cn1. The minimum atomic E-state index is 0.599. The highest BCUT2D eigenvalue weighted by molar-refractivity contribution is 6.09. The number of aromatic amines is 2. The molecule has 2 aromatic rings. The van der Waals surface area contributed by atoms with Gasteiger partial charge in [0.05, 0.1) is 24.1 Å². The molecule has 86 valence electrons. The molecule has 2 heterocycles. The van der Waals surface area contributed by atoms with E-state index in [0.29, 0.717) is 5.70 Å². The first-order chi connectivity index (χ1) is 8.31. The summed E-state index contributed by atoms with van der Waals surface area (Å²) in [5.41, 5.74) is 2.85. The van der Waals surface area contributed by atoms with Crippen LogP contribution in [0.1, 0.15) is 18.3 Å². The van der Waals surface area contributed by atoms with Crippen LogP contribution >= 0.6 is 0 Å². The minimum Gasteiger partial charge on any atom is -0.351 e. The molecule has 5 nitrogen and oxygen atoms in total. The zero-order valence-electron chi connectivity index (χ0n) is 9.51. The molecule has 0 aliphatic rings. The number of nitrogens with zero attached hydrogens (tertiary/aromatic N) is 3. The van der Waals surface area contributed by atoms with Crippen molar-refractivity contribution in [2.24, 2.45) is 4.99 Å². The van der Waals surface area contributed by atoms with E-state index in [0.717, 1.165) is 17.1 Å². The van der Waals surface area contributed by atoms with Crippen LogP contribution in [0.2, 0.25) is 0 Å². The molecule has 0 bridgehead atoms. The molecule has 2 rings (SSSR count). The first kappa shape index (κ1) is 11.1. The van der Waals surface area contributed by atoms with Gasteiger partial charge in [-0.25, -0.2) is 15.0 Å². The Bertz CT molecular complexity index is 531. The Labute approximate surface area is 99.1 Å². The molecule has 0 atom stereocenters. The Morgan fingerprint density at radius 1 is 1.24 bits per heavy atom. The van der Waals surface area contributed by atoms with Crippen LogP contribution in [0.25, 0.3) is 5.70 Å². The maximum atomic E-state index is 4.42. The quantitative estimate of drug-likeness (QED) is 0.786. The van der Waals surface area contributed by atoms with Gasteiger partial charge >= 0.3 is 0 Å². The summed E-state index contributed by atoms with van der Waals surface area (Å²) in [4.78, 5) is 18.4. The van der Waals surface area contributed by atoms with Gasteiger partial charge < -0.3 is 9.97 Å². The fraction of sp³-hybridized carbons (Fsp3) is 0.0833. The second kappa shape index (κ2) is 5.07. The molecule has 0 spiro atoms. The molecule has 0 unspecified atom stereocenters. The van der Waals surface area contributed by atoms with Crippen molar-refractivity contribution in [1.29, 1.82) is 0 Å². The molecule has 17 heavy (non-hydrogen) atoms. The highest BCUT2D eigenvalue weighted by atomic mass is 14.9. The molecule has 0 saturated carbocycles. The Morgan fingerprint density at radius 3 is 2.41 bits per heavy atom. The third kappa shape index (κ3) is 2.57. The van der Waals surface area contributed by atoms with Crippen LogP contribution in [-0.4, -0.2) is 25.6 Å². The van der Waals surface area contributed by atoms with Crippen molar-refractivity contribution >= 4 is 11.4 Å². The maximum absolute atomic E-state index is 4.42. The highest BCUT2D eigenvalue weighted by Crippen LogP contribution is 2.11. The Morgan fingerprint density at radius 2 is 1.88 bits per heavy atom. The Balaban J connectivity index is 2.31. The van der Waals surface area contributed by atoms with Crippen LogP contribution in [-0.2, 0) is 0 Å². The zero-order chi connectivity index (χ0) is 12.1. The average molecular weight is 227 g/mol. The fourth-order valence-corrected chi connectivity index (χ4v) is 1.36. The van der Waals surface area contributed by atoms with Gasteiger partial charge in [-0.15, -0.1) is 0 Å². The van der Waals surface area contributed by atoms with E-state index in [2.05, 4.69) is 31.5 Å². The number of aliphatic imine (C=N–C) groups is 1. The summed E-state index contributed by atoms with van der Waals surface area (Å²) in [6.45, 7) is 5.82. The highest BCUT2D eigenvalue weighted by Gasteiger charge is 2.04. The van der Waals surface area contributed by atoms with Crippen LogP contribution in [0.5, 0.6) is 0 Å². The van der Waals surface area contributed by atoms with Gasteiger partial charge in [0.15, 0.2) is 0 Å². The van der Waals surface area contributed by atoms with Gasteiger partial charge in [0.1, 0.15) is 11.4 Å². The van der Waals surface area contributed by atoms with E-state index >= 15 is 0 Å². The second-order valence-electron chi connectivity index (χ2n) is 3.35. The summed E-state index contributed by atoms with van der Waals surface area (Å²) in [7, 11) is 0. The van der Waals surface area contributed by atoms with Crippen molar-refractivity contribution in [1.82, 2.24) is 19.9 Å². The number of rotatable bonds is 4. The van der Waals surface area contributed by atoms with Crippen molar-refractivity contribution < 1.29 is 0 Å². The molecule has 0 aliphatic heterocycles.